The highest BCUT2D eigenvalue weighted by Crippen LogP contribution is 2.29. The maximum atomic E-state index is 8.85. The largest absolute Gasteiger partial charge is 0.393 e. The van der Waals surface area contributed by atoms with Crippen LogP contribution in [0.15, 0.2) is 0 Å². The smallest absolute Gasteiger partial charge is 0.163 e. The normalized spacial score (nSPS) is 38.4. The minimum absolute atomic E-state index is 0.0103. The molecule has 10 heavy (non-hydrogen) atoms. The minimum Gasteiger partial charge on any atom is -0.393 e. The maximum Gasteiger partial charge on any atom is 0.163 e. The summed E-state index contributed by atoms with van der Waals surface area (Å²) in [7, 11) is 0. The zero-order valence-corrected chi connectivity index (χ0v) is 6.68. The Hall–Kier alpha value is -0.120. The van der Waals surface area contributed by atoms with Crippen molar-refractivity contribution in [1.82, 2.24) is 0 Å². The summed E-state index contributed by atoms with van der Waals surface area (Å²) in [6, 6.07) is 0. The molecule has 1 heterocycles. The molecule has 1 fully saturated rings. The van der Waals surface area contributed by atoms with Crippen LogP contribution in [0, 0.1) is 0 Å². The summed E-state index contributed by atoms with van der Waals surface area (Å²) in [5.74, 6) is -0.530. The molecule has 0 aromatic rings. The highest BCUT2D eigenvalue weighted by molar-refractivity contribution is 4.82. The molecular formula is C7H14O3. The van der Waals surface area contributed by atoms with Gasteiger partial charge in [0.2, 0.25) is 0 Å². The van der Waals surface area contributed by atoms with E-state index >= 15 is 0 Å². The van der Waals surface area contributed by atoms with Crippen LogP contribution in [0.3, 0.4) is 0 Å². The number of aliphatic hydroxyl groups excluding tert-OH is 1. The lowest BCUT2D eigenvalue weighted by Gasteiger charge is -2.22. The van der Waals surface area contributed by atoms with Crippen molar-refractivity contribution in [2.75, 3.05) is 13.2 Å². The van der Waals surface area contributed by atoms with Gasteiger partial charge in [0.15, 0.2) is 5.79 Å². The fraction of sp³-hybridized carbons (Fsp3) is 1.00. The van der Waals surface area contributed by atoms with Crippen LogP contribution in [-0.4, -0.2) is 29.7 Å². The predicted molar refractivity (Wildman–Crippen MR) is 36.6 cm³/mol. The Morgan fingerprint density at radius 2 is 2.00 bits per heavy atom. The molecule has 1 unspecified atom stereocenters. The molecule has 0 bridgehead atoms. The van der Waals surface area contributed by atoms with Gasteiger partial charge in [0.25, 0.3) is 0 Å². The van der Waals surface area contributed by atoms with Crippen molar-refractivity contribution < 1.29 is 14.6 Å². The molecule has 1 saturated heterocycles. The van der Waals surface area contributed by atoms with Gasteiger partial charge in [-0.3, -0.25) is 0 Å². The molecule has 0 aromatic heterocycles. The summed E-state index contributed by atoms with van der Waals surface area (Å²) < 4.78 is 10.7. The summed E-state index contributed by atoms with van der Waals surface area (Å²) >= 11 is 0. The van der Waals surface area contributed by atoms with Gasteiger partial charge < -0.3 is 14.6 Å². The van der Waals surface area contributed by atoms with E-state index in [1.54, 1.807) is 0 Å². The maximum absolute atomic E-state index is 8.85. The number of rotatable bonds is 1. The average molecular weight is 146 g/mol. The lowest BCUT2D eigenvalue weighted by atomic mass is 10.1. The van der Waals surface area contributed by atoms with Crippen LogP contribution in [0.4, 0.5) is 0 Å². The average Bonchev–Trinajstić information content (AvgIpc) is 2.08. The van der Waals surface area contributed by atoms with Crippen molar-refractivity contribution in [2.45, 2.75) is 32.2 Å². The van der Waals surface area contributed by atoms with Gasteiger partial charge in [-0.2, -0.15) is 0 Å². The topological polar surface area (TPSA) is 38.7 Å². The second-order valence-corrected chi connectivity index (χ2v) is 3.40. The standard InChI is InChI=1S/C7H14O3/c1-6(2)9-5-7(3,4-8)10-6/h8H,4-5H2,1-3H3. The zero-order chi connectivity index (χ0) is 7.83. The van der Waals surface area contributed by atoms with Crippen molar-refractivity contribution in [3.8, 4) is 0 Å². The SMILES string of the molecule is CC1(CO)COC(C)(C)O1. The summed E-state index contributed by atoms with van der Waals surface area (Å²) in [4.78, 5) is 0. The highest BCUT2D eigenvalue weighted by atomic mass is 16.8. The molecule has 0 aromatic carbocycles. The molecular weight excluding hydrogens is 132 g/mol. The van der Waals surface area contributed by atoms with E-state index in [1.807, 2.05) is 20.8 Å². The molecule has 0 radical (unpaired) electrons. The second-order valence-electron chi connectivity index (χ2n) is 3.40. The van der Waals surface area contributed by atoms with E-state index in [1.165, 1.54) is 0 Å². The van der Waals surface area contributed by atoms with Crippen molar-refractivity contribution >= 4 is 0 Å². The molecule has 1 aliphatic heterocycles. The molecule has 0 saturated carbocycles. The lowest BCUT2D eigenvalue weighted by Crippen LogP contribution is -2.34. The van der Waals surface area contributed by atoms with Gasteiger partial charge in [-0.05, 0) is 20.8 Å². The summed E-state index contributed by atoms with van der Waals surface area (Å²) in [6.07, 6.45) is 0. The fourth-order valence-corrected chi connectivity index (χ4v) is 1.06. The Kier molecular flexibility index (Phi) is 1.75. The lowest BCUT2D eigenvalue weighted by molar-refractivity contribution is -0.164. The Labute approximate surface area is 60.9 Å². The first-order valence-electron chi connectivity index (χ1n) is 3.42. The predicted octanol–water partition coefficient (Wildman–Crippen LogP) is 0.520. The van der Waals surface area contributed by atoms with E-state index in [2.05, 4.69) is 0 Å². The number of hydrogen-bond acceptors (Lipinski definition) is 3. The van der Waals surface area contributed by atoms with Gasteiger partial charge in [0.05, 0.1) is 13.2 Å². The third kappa shape index (κ3) is 1.48. The monoisotopic (exact) mass is 146 g/mol. The molecule has 3 nitrogen and oxygen atoms in total. The van der Waals surface area contributed by atoms with Crippen LogP contribution in [-0.2, 0) is 9.47 Å². The molecule has 0 amide bonds. The van der Waals surface area contributed by atoms with E-state index in [-0.39, 0.29) is 6.61 Å². The van der Waals surface area contributed by atoms with Gasteiger partial charge in [-0.25, -0.2) is 0 Å². The number of aliphatic hydroxyl groups is 1. The van der Waals surface area contributed by atoms with Crippen LogP contribution in [0.5, 0.6) is 0 Å². The van der Waals surface area contributed by atoms with Crippen LogP contribution in [0.2, 0.25) is 0 Å². The fourth-order valence-electron chi connectivity index (χ4n) is 1.06. The molecule has 1 N–H and O–H groups in total. The third-order valence-electron chi connectivity index (χ3n) is 1.55. The minimum atomic E-state index is -0.530. The highest BCUT2D eigenvalue weighted by Gasteiger charge is 2.41. The molecule has 0 aliphatic carbocycles. The molecule has 0 spiro atoms. The Balaban J connectivity index is 2.57. The van der Waals surface area contributed by atoms with E-state index in [0.29, 0.717) is 6.61 Å². The van der Waals surface area contributed by atoms with E-state index in [0.717, 1.165) is 0 Å². The number of ether oxygens (including phenoxy) is 2. The van der Waals surface area contributed by atoms with Crippen molar-refractivity contribution in [3.05, 3.63) is 0 Å². The van der Waals surface area contributed by atoms with Gasteiger partial charge >= 0.3 is 0 Å². The first-order chi connectivity index (χ1) is 4.47. The summed E-state index contributed by atoms with van der Waals surface area (Å²) in [6.45, 7) is 6.00. The van der Waals surface area contributed by atoms with Crippen LogP contribution in [0.1, 0.15) is 20.8 Å². The molecule has 60 valence electrons. The number of hydrogen-bond donors (Lipinski definition) is 1. The van der Waals surface area contributed by atoms with Crippen molar-refractivity contribution in [1.29, 1.82) is 0 Å². The molecule has 1 atom stereocenters. The Morgan fingerprint density at radius 1 is 1.40 bits per heavy atom. The quantitative estimate of drug-likeness (QED) is 0.586. The third-order valence-corrected chi connectivity index (χ3v) is 1.55. The summed E-state index contributed by atoms with van der Waals surface area (Å²) in [5.41, 5.74) is -0.497. The van der Waals surface area contributed by atoms with Crippen LogP contribution in [0.25, 0.3) is 0 Å². The van der Waals surface area contributed by atoms with Gasteiger partial charge in [-0.15, -0.1) is 0 Å². The molecule has 1 aliphatic rings. The zero-order valence-electron chi connectivity index (χ0n) is 6.68. The van der Waals surface area contributed by atoms with Crippen molar-refractivity contribution in [2.24, 2.45) is 0 Å². The van der Waals surface area contributed by atoms with E-state index in [4.69, 9.17) is 14.6 Å². The Bertz CT molecular complexity index is 133. The first kappa shape index (κ1) is 7.98. The van der Waals surface area contributed by atoms with Crippen LogP contribution >= 0.6 is 0 Å². The second kappa shape index (κ2) is 2.19. The molecule has 3 heteroatoms. The van der Waals surface area contributed by atoms with Crippen molar-refractivity contribution in [3.63, 3.8) is 0 Å². The van der Waals surface area contributed by atoms with Gasteiger partial charge in [0.1, 0.15) is 5.60 Å². The van der Waals surface area contributed by atoms with E-state index in [9.17, 15) is 0 Å². The first-order valence-corrected chi connectivity index (χ1v) is 3.42. The summed E-state index contributed by atoms with van der Waals surface area (Å²) in [5, 5.41) is 8.85. The molecule has 1 rings (SSSR count). The van der Waals surface area contributed by atoms with E-state index < -0.39 is 11.4 Å². The van der Waals surface area contributed by atoms with Gasteiger partial charge in [-0.1, -0.05) is 0 Å². The Morgan fingerprint density at radius 3 is 2.20 bits per heavy atom. The van der Waals surface area contributed by atoms with Gasteiger partial charge in [0, 0.05) is 0 Å². The van der Waals surface area contributed by atoms with Crippen LogP contribution < -0.4 is 0 Å².